The van der Waals surface area contributed by atoms with E-state index < -0.39 is 0 Å². The van der Waals surface area contributed by atoms with Crippen LogP contribution in [0.5, 0.6) is 0 Å². The molecule has 0 N–H and O–H groups in total. The Morgan fingerprint density at radius 2 is 0.909 bits per heavy atom. The van der Waals surface area contributed by atoms with Crippen molar-refractivity contribution in [2.45, 2.75) is 91.4 Å². The number of aliphatic imine (C=N–C) groups is 2. The fraction of sp³-hybridized carbons (Fsp3) is 0.280. The number of benzene rings is 6. The molecule has 2 aliphatic rings. The van der Waals surface area contributed by atoms with Crippen molar-refractivity contribution in [3.8, 4) is 27.9 Å². The maximum Gasteiger partial charge on any atom is 0.102 e. The highest BCUT2D eigenvalue weighted by Crippen LogP contribution is 2.45. The maximum atomic E-state index is 5.04. The van der Waals surface area contributed by atoms with E-state index in [2.05, 4.69) is 211 Å². The molecule has 276 valence electrons. The number of hydrogen-bond acceptors (Lipinski definition) is 4. The third kappa shape index (κ3) is 5.12. The first-order valence-electron chi connectivity index (χ1n) is 19.6. The van der Waals surface area contributed by atoms with Crippen molar-refractivity contribution in [3.63, 3.8) is 0 Å². The zero-order valence-electron chi connectivity index (χ0n) is 33.9. The lowest BCUT2D eigenvalue weighted by molar-refractivity contribution is 0.338. The molecule has 6 aromatic carbocycles. The predicted octanol–water partition coefficient (Wildman–Crippen LogP) is 12.9. The first kappa shape index (κ1) is 35.0. The minimum absolute atomic E-state index is 0.131. The van der Waals surface area contributed by atoms with Crippen molar-refractivity contribution >= 4 is 55.6 Å². The highest BCUT2D eigenvalue weighted by Gasteiger charge is 2.49. The van der Waals surface area contributed by atoms with E-state index in [0.717, 1.165) is 17.4 Å². The monoisotopic (exact) mass is 721 g/mol. The minimum Gasteiger partial charge on any atom is -0.322 e. The van der Waals surface area contributed by atoms with Gasteiger partial charge in [-0.2, -0.15) is 0 Å². The van der Waals surface area contributed by atoms with Crippen LogP contribution in [0.15, 0.2) is 137 Å². The van der Waals surface area contributed by atoms with Gasteiger partial charge in [-0.15, -0.1) is 0 Å². The average Bonchev–Trinajstić information content (AvgIpc) is 3.63. The average molecular weight is 722 g/mol. The Balaban J connectivity index is 1.20. The molecule has 5 nitrogen and oxygen atoms in total. The number of aromatic nitrogens is 1. The van der Waals surface area contributed by atoms with Crippen LogP contribution in [0.25, 0.3) is 60.5 Å². The van der Waals surface area contributed by atoms with Gasteiger partial charge < -0.3 is 14.4 Å². The number of para-hydroxylation sites is 1. The van der Waals surface area contributed by atoms with Crippen molar-refractivity contribution < 1.29 is 0 Å². The fourth-order valence-electron chi connectivity index (χ4n) is 9.30. The number of fused-ring (bicyclic) bond motifs is 5. The Morgan fingerprint density at radius 3 is 1.44 bits per heavy atom. The van der Waals surface area contributed by atoms with E-state index in [9.17, 15) is 0 Å². The van der Waals surface area contributed by atoms with Crippen LogP contribution in [0, 0.1) is 0 Å². The van der Waals surface area contributed by atoms with Gasteiger partial charge in [0.25, 0.3) is 0 Å². The molecule has 3 heterocycles. The van der Waals surface area contributed by atoms with Crippen LogP contribution >= 0.6 is 0 Å². The number of hydrogen-bond donors (Lipinski definition) is 0. The summed E-state index contributed by atoms with van der Waals surface area (Å²) in [7, 11) is 0. The molecule has 5 heteroatoms. The molecule has 0 unspecified atom stereocenters. The van der Waals surface area contributed by atoms with Crippen molar-refractivity contribution in [3.05, 3.63) is 127 Å². The quantitative estimate of drug-likeness (QED) is 0.177. The Morgan fingerprint density at radius 1 is 0.418 bits per heavy atom. The lowest BCUT2D eigenvalue weighted by Gasteiger charge is -2.41. The van der Waals surface area contributed by atoms with E-state index in [1.165, 1.54) is 66.2 Å². The summed E-state index contributed by atoms with van der Waals surface area (Å²) in [4.78, 5) is 14.8. The fourth-order valence-corrected chi connectivity index (χ4v) is 9.30. The van der Waals surface area contributed by atoms with Gasteiger partial charge in [-0.3, -0.25) is 9.98 Å². The first-order valence-corrected chi connectivity index (χ1v) is 19.6. The molecule has 0 spiro atoms. The Hall–Kier alpha value is -5.68. The smallest absolute Gasteiger partial charge is 0.102 e. The van der Waals surface area contributed by atoms with Crippen LogP contribution < -0.4 is 9.80 Å². The molecule has 0 amide bonds. The number of rotatable bonds is 5. The van der Waals surface area contributed by atoms with Crippen LogP contribution in [0.3, 0.4) is 0 Å². The summed E-state index contributed by atoms with van der Waals surface area (Å²) in [6.45, 7) is 22.3. The molecule has 2 aliphatic heterocycles. The van der Waals surface area contributed by atoms with Crippen molar-refractivity contribution in [1.82, 2.24) is 4.57 Å². The summed E-state index contributed by atoms with van der Waals surface area (Å²) < 4.78 is 2.45. The number of anilines is 2. The van der Waals surface area contributed by atoms with E-state index in [1.54, 1.807) is 0 Å². The lowest BCUT2D eigenvalue weighted by Crippen LogP contribution is -2.52. The molecular formula is C50H51N5. The molecule has 0 saturated heterocycles. The molecule has 0 fully saturated rings. The molecule has 55 heavy (non-hydrogen) atoms. The summed E-state index contributed by atoms with van der Waals surface area (Å²) in [5, 5.41) is 5.04. The third-order valence-electron chi connectivity index (χ3n) is 13.3. The van der Waals surface area contributed by atoms with Crippen molar-refractivity contribution in [2.75, 3.05) is 9.80 Å². The second-order valence-electron chi connectivity index (χ2n) is 17.6. The SMILES string of the molecule is CC1=NC(C)(C)C(C)(C)N1c1ccc(-c2ccc3c4c5ccccc5c(-c5ccc(N6C(C)=NC(C)(C)C6(C)C)cc5)cc4n(-c4ccccc4)c3c2)cc1. The summed E-state index contributed by atoms with van der Waals surface area (Å²) >= 11 is 0. The molecular weight excluding hydrogens is 671 g/mol. The Labute approximate surface area is 325 Å². The van der Waals surface area contributed by atoms with Gasteiger partial charge in [0.05, 0.1) is 33.2 Å². The number of nitrogens with zero attached hydrogens (tertiary/aromatic N) is 5. The van der Waals surface area contributed by atoms with Crippen LogP contribution in [0.4, 0.5) is 11.4 Å². The summed E-state index contributed by atoms with van der Waals surface area (Å²) in [5.74, 6) is 2.12. The van der Waals surface area contributed by atoms with Gasteiger partial charge in [0, 0.05) is 27.8 Å². The third-order valence-corrected chi connectivity index (χ3v) is 13.3. The van der Waals surface area contributed by atoms with E-state index in [0.29, 0.717) is 0 Å². The van der Waals surface area contributed by atoms with Gasteiger partial charge in [0.1, 0.15) is 11.7 Å². The summed E-state index contributed by atoms with van der Waals surface area (Å²) in [5.41, 5.74) is 10.1. The molecule has 0 atom stereocenters. The van der Waals surface area contributed by atoms with Crippen LogP contribution in [0.1, 0.15) is 69.2 Å². The van der Waals surface area contributed by atoms with E-state index >= 15 is 0 Å². The van der Waals surface area contributed by atoms with Crippen LogP contribution in [-0.2, 0) is 0 Å². The van der Waals surface area contributed by atoms with Gasteiger partial charge in [-0.05, 0) is 151 Å². The van der Waals surface area contributed by atoms with Gasteiger partial charge in [-0.1, -0.05) is 78.9 Å². The standard InChI is InChI=1S/C50H51N5/c1-32-51-47(3,4)49(7,8)54(32)38-25-20-34(21-26-38)36-24-29-42-44(30-36)53(37-16-12-11-13-17-37)45-31-43(40-18-14-15-19-41(40)46(42)45)35-22-27-39(28-23-35)55-33(2)52-48(5,6)50(55,9)10/h11-31H,1-10H3. The molecule has 0 bridgehead atoms. The van der Waals surface area contributed by atoms with Crippen LogP contribution in [-0.4, -0.2) is 38.4 Å². The topological polar surface area (TPSA) is 36.1 Å². The molecule has 7 aromatic rings. The molecule has 0 saturated carbocycles. The molecule has 0 aliphatic carbocycles. The van der Waals surface area contributed by atoms with E-state index in [-0.39, 0.29) is 22.2 Å². The maximum absolute atomic E-state index is 5.04. The molecule has 0 radical (unpaired) electrons. The van der Waals surface area contributed by atoms with E-state index in [4.69, 9.17) is 9.98 Å². The van der Waals surface area contributed by atoms with E-state index in [1.807, 2.05) is 0 Å². The second-order valence-corrected chi connectivity index (χ2v) is 17.6. The number of amidine groups is 2. The molecule has 1 aromatic heterocycles. The predicted molar refractivity (Wildman–Crippen MR) is 237 cm³/mol. The van der Waals surface area contributed by atoms with Crippen LogP contribution in [0.2, 0.25) is 0 Å². The second kappa shape index (κ2) is 11.9. The summed E-state index contributed by atoms with van der Waals surface area (Å²) in [6, 6.07) is 47.2. The molecule has 9 rings (SSSR count). The highest BCUT2D eigenvalue weighted by atomic mass is 15.3. The van der Waals surface area contributed by atoms with Crippen molar-refractivity contribution in [2.24, 2.45) is 9.98 Å². The zero-order valence-corrected chi connectivity index (χ0v) is 33.9. The highest BCUT2D eigenvalue weighted by molar-refractivity contribution is 6.24. The Kier molecular flexibility index (Phi) is 7.59. The first-order chi connectivity index (χ1) is 26.1. The summed E-state index contributed by atoms with van der Waals surface area (Å²) in [6.07, 6.45) is 0. The van der Waals surface area contributed by atoms with Gasteiger partial charge in [-0.25, -0.2) is 0 Å². The Bertz CT molecular complexity index is 2710. The van der Waals surface area contributed by atoms with Gasteiger partial charge in [0.15, 0.2) is 0 Å². The van der Waals surface area contributed by atoms with Crippen molar-refractivity contribution in [1.29, 1.82) is 0 Å². The minimum atomic E-state index is -0.179. The zero-order chi connectivity index (χ0) is 38.7. The lowest BCUT2D eigenvalue weighted by atomic mass is 9.83. The van der Waals surface area contributed by atoms with Gasteiger partial charge in [0.2, 0.25) is 0 Å². The normalized spacial score (nSPS) is 18.4. The van der Waals surface area contributed by atoms with Gasteiger partial charge >= 0.3 is 0 Å². The largest absolute Gasteiger partial charge is 0.322 e.